The molecule has 0 aliphatic heterocycles. The van der Waals surface area contributed by atoms with Gasteiger partial charge in [-0.15, -0.1) is 0 Å². The van der Waals surface area contributed by atoms with Crippen LogP contribution in [0.1, 0.15) is 32.1 Å². The number of benzene rings is 3. The molecule has 1 fully saturated rings. The zero-order chi connectivity index (χ0) is 21.3. The van der Waals surface area contributed by atoms with E-state index in [0.717, 1.165) is 31.4 Å². The van der Waals surface area contributed by atoms with E-state index in [1.807, 2.05) is 12.1 Å². The van der Waals surface area contributed by atoms with E-state index in [9.17, 15) is 4.79 Å². The standard InChI is InChI=1S/C27H30O3S/c28-27(22-10-4-1-5-11-22)30-21-20-29-23-16-18-26(19-17-23)31(24-12-6-2-7-13-24)25-14-8-3-9-15-25/h2-3,6-9,12-19,22,31H,1,4-5,10-11,20-21H2. The first-order valence-corrected chi connectivity index (χ1v) is 12.5. The van der Waals surface area contributed by atoms with Gasteiger partial charge < -0.3 is 9.47 Å². The SMILES string of the molecule is O=C(OCCOc1ccc([SH](c2ccccc2)c2ccccc2)cc1)C1CCCCC1. The molecule has 0 aromatic heterocycles. The molecule has 1 aliphatic rings. The summed E-state index contributed by atoms with van der Waals surface area (Å²) >= 11 is 0. The maximum Gasteiger partial charge on any atom is 0.309 e. The Bertz CT molecular complexity index is 896. The van der Waals surface area contributed by atoms with Crippen LogP contribution >= 0.6 is 10.9 Å². The molecule has 0 heterocycles. The van der Waals surface area contributed by atoms with E-state index in [1.165, 1.54) is 21.1 Å². The van der Waals surface area contributed by atoms with Gasteiger partial charge in [-0.3, -0.25) is 4.79 Å². The predicted molar refractivity (Wildman–Crippen MR) is 126 cm³/mol. The molecule has 1 aliphatic carbocycles. The Morgan fingerprint density at radius 3 is 1.84 bits per heavy atom. The van der Waals surface area contributed by atoms with Crippen LogP contribution in [0.5, 0.6) is 5.75 Å². The summed E-state index contributed by atoms with van der Waals surface area (Å²) in [4.78, 5) is 16.1. The third-order valence-corrected chi connectivity index (χ3v) is 8.10. The maximum atomic E-state index is 12.1. The van der Waals surface area contributed by atoms with Crippen molar-refractivity contribution >= 4 is 16.9 Å². The summed E-state index contributed by atoms with van der Waals surface area (Å²) in [6.07, 6.45) is 5.44. The summed E-state index contributed by atoms with van der Waals surface area (Å²) in [6.45, 7) is 0.682. The third-order valence-electron chi connectivity index (χ3n) is 5.66. The minimum Gasteiger partial charge on any atom is -0.490 e. The summed E-state index contributed by atoms with van der Waals surface area (Å²) < 4.78 is 11.2. The molecule has 4 heteroatoms. The first-order chi connectivity index (χ1) is 15.3. The lowest BCUT2D eigenvalue weighted by molar-refractivity contribution is -0.150. The number of ether oxygens (including phenoxy) is 2. The fourth-order valence-electron chi connectivity index (χ4n) is 4.05. The van der Waals surface area contributed by atoms with E-state index in [1.54, 1.807) is 0 Å². The largest absolute Gasteiger partial charge is 0.490 e. The number of rotatable bonds is 8. The van der Waals surface area contributed by atoms with Crippen molar-refractivity contribution in [2.24, 2.45) is 5.92 Å². The molecule has 0 spiro atoms. The van der Waals surface area contributed by atoms with Crippen molar-refractivity contribution < 1.29 is 14.3 Å². The Morgan fingerprint density at radius 1 is 0.710 bits per heavy atom. The number of thiol groups is 1. The van der Waals surface area contributed by atoms with Crippen molar-refractivity contribution in [3.63, 3.8) is 0 Å². The summed E-state index contributed by atoms with van der Waals surface area (Å²) in [5.41, 5.74) is 0. The lowest BCUT2D eigenvalue weighted by atomic mass is 9.89. The van der Waals surface area contributed by atoms with Crippen LogP contribution in [0, 0.1) is 5.92 Å². The summed E-state index contributed by atoms with van der Waals surface area (Å²) in [6, 6.07) is 29.6. The number of carbonyl (C=O) groups is 1. The second kappa shape index (κ2) is 11.1. The van der Waals surface area contributed by atoms with E-state index in [-0.39, 0.29) is 11.9 Å². The highest BCUT2D eigenvalue weighted by atomic mass is 32.2. The van der Waals surface area contributed by atoms with Crippen LogP contribution < -0.4 is 4.74 Å². The Labute approximate surface area is 187 Å². The molecule has 31 heavy (non-hydrogen) atoms. The lowest BCUT2D eigenvalue weighted by Gasteiger charge is -2.23. The molecule has 0 amide bonds. The quantitative estimate of drug-likeness (QED) is 0.244. The summed E-state index contributed by atoms with van der Waals surface area (Å²) in [7, 11) is -0.616. The molecule has 3 aromatic carbocycles. The van der Waals surface area contributed by atoms with Crippen molar-refractivity contribution in [3.05, 3.63) is 84.9 Å². The topological polar surface area (TPSA) is 35.5 Å². The minimum atomic E-state index is -0.616. The normalized spacial score (nSPS) is 14.6. The first-order valence-electron chi connectivity index (χ1n) is 11.1. The Hall–Kier alpha value is -2.72. The van der Waals surface area contributed by atoms with Crippen LogP contribution in [0.25, 0.3) is 0 Å². The molecular formula is C27H30O3S. The number of esters is 1. The third kappa shape index (κ3) is 5.92. The zero-order valence-electron chi connectivity index (χ0n) is 17.8. The van der Waals surface area contributed by atoms with Crippen LogP contribution in [-0.4, -0.2) is 19.2 Å². The van der Waals surface area contributed by atoms with Gasteiger partial charge in [0.1, 0.15) is 19.0 Å². The van der Waals surface area contributed by atoms with Crippen LogP contribution in [0.4, 0.5) is 0 Å². The highest BCUT2D eigenvalue weighted by Gasteiger charge is 2.22. The van der Waals surface area contributed by atoms with Gasteiger partial charge in [-0.1, -0.05) is 55.7 Å². The van der Waals surface area contributed by atoms with E-state index in [0.29, 0.717) is 13.2 Å². The number of hydrogen-bond donors (Lipinski definition) is 1. The average molecular weight is 435 g/mol. The minimum absolute atomic E-state index is 0.0602. The monoisotopic (exact) mass is 434 g/mol. The molecule has 3 nitrogen and oxygen atoms in total. The molecule has 3 aromatic rings. The Morgan fingerprint density at radius 2 is 1.26 bits per heavy atom. The Balaban J connectivity index is 1.35. The average Bonchev–Trinajstić information content (AvgIpc) is 2.85. The van der Waals surface area contributed by atoms with Crippen molar-refractivity contribution in [2.45, 2.75) is 46.8 Å². The fraction of sp³-hybridized carbons (Fsp3) is 0.296. The van der Waals surface area contributed by atoms with Crippen LogP contribution in [0.3, 0.4) is 0 Å². The zero-order valence-corrected chi connectivity index (χ0v) is 18.7. The van der Waals surface area contributed by atoms with Crippen molar-refractivity contribution in [1.29, 1.82) is 0 Å². The molecule has 162 valence electrons. The molecule has 0 radical (unpaired) electrons. The van der Waals surface area contributed by atoms with Gasteiger partial charge >= 0.3 is 5.97 Å². The van der Waals surface area contributed by atoms with Crippen LogP contribution in [0.2, 0.25) is 0 Å². The van der Waals surface area contributed by atoms with Crippen LogP contribution in [0.15, 0.2) is 99.6 Å². The summed E-state index contributed by atoms with van der Waals surface area (Å²) in [5, 5.41) is 0. The van der Waals surface area contributed by atoms with E-state index in [2.05, 4.69) is 72.8 Å². The van der Waals surface area contributed by atoms with Crippen molar-refractivity contribution in [3.8, 4) is 5.75 Å². The smallest absolute Gasteiger partial charge is 0.309 e. The molecular weight excluding hydrogens is 404 g/mol. The second-order valence-electron chi connectivity index (χ2n) is 7.85. The van der Waals surface area contributed by atoms with Crippen LogP contribution in [-0.2, 0) is 9.53 Å². The van der Waals surface area contributed by atoms with Gasteiger partial charge in [-0.25, -0.2) is 0 Å². The van der Waals surface area contributed by atoms with E-state index < -0.39 is 10.9 Å². The summed E-state index contributed by atoms with van der Waals surface area (Å²) in [5.74, 6) is 0.826. The van der Waals surface area contributed by atoms with Gasteiger partial charge in [0.15, 0.2) is 0 Å². The highest BCUT2D eigenvalue weighted by Crippen LogP contribution is 2.51. The second-order valence-corrected chi connectivity index (χ2v) is 10.1. The maximum absolute atomic E-state index is 12.1. The molecule has 0 atom stereocenters. The van der Waals surface area contributed by atoms with Gasteiger partial charge in [0.05, 0.1) is 5.92 Å². The molecule has 1 saturated carbocycles. The fourth-order valence-corrected chi connectivity index (χ4v) is 6.33. The first kappa shape index (κ1) is 21.5. The van der Waals surface area contributed by atoms with Gasteiger partial charge in [0, 0.05) is 0 Å². The van der Waals surface area contributed by atoms with Gasteiger partial charge in [0.25, 0.3) is 0 Å². The molecule has 0 unspecified atom stereocenters. The van der Waals surface area contributed by atoms with Gasteiger partial charge in [-0.05, 0) is 76.1 Å². The van der Waals surface area contributed by atoms with Gasteiger partial charge in [-0.2, -0.15) is 10.9 Å². The van der Waals surface area contributed by atoms with Crippen molar-refractivity contribution in [1.82, 2.24) is 0 Å². The molecule has 0 N–H and O–H groups in total. The van der Waals surface area contributed by atoms with E-state index >= 15 is 0 Å². The van der Waals surface area contributed by atoms with Crippen molar-refractivity contribution in [2.75, 3.05) is 13.2 Å². The Kier molecular flexibility index (Phi) is 7.67. The van der Waals surface area contributed by atoms with Gasteiger partial charge in [0.2, 0.25) is 0 Å². The predicted octanol–water partition coefficient (Wildman–Crippen LogP) is 6.67. The number of carbonyl (C=O) groups excluding carboxylic acids is 1. The molecule has 0 saturated heterocycles. The highest BCUT2D eigenvalue weighted by molar-refractivity contribution is 8.17. The number of hydrogen-bond acceptors (Lipinski definition) is 3. The molecule has 0 bridgehead atoms. The molecule has 4 rings (SSSR count). The van der Waals surface area contributed by atoms with E-state index in [4.69, 9.17) is 9.47 Å². The lowest BCUT2D eigenvalue weighted by Crippen LogP contribution is -2.22.